The lowest BCUT2D eigenvalue weighted by molar-refractivity contribution is -0.120. The molecule has 0 saturated carbocycles. The van der Waals surface area contributed by atoms with E-state index in [4.69, 9.17) is 0 Å². The maximum atomic E-state index is 11.0. The summed E-state index contributed by atoms with van der Waals surface area (Å²) in [6.07, 6.45) is 5.32. The van der Waals surface area contributed by atoms with E-state index >= 15 is 0 Å². The maximum absolute atomic E-state index is 11.0. The molecule has 0 saturated heterocycles. The topological polar surface area (TPSA) is 59.0 Å². The summed E-state index contributed by atoms with van der Waals surface area (Å²) in [5, 5.41) is 5.82. The van der Waals surface area contributed by atoms with Crippen LogP contribution in [0.1, 0.15) is 25.5 Å². The summed E-state index contributed by atoms with van der Waals surface area (Å²) in [7, 11) is 1.65. The molecule has 0 fully saturated rings. The standard InChI is InChI=1S/C11H20N4O/c1-3-6-15-9-14-8-10(15)7-13-5-4-11(16)12-2/h8-9,13H,3-7H2,1-2H3,(H,12,16). The van der Waals surface area contributed by atoms with Gasteiger partial charge in [-0.05, 0) is 6.42 Å². The molecule has 0 radical (unpaired) electrons. The predicted molar refractivity (Wildman–Crippen MR) is 62.9 cm³/mol. The fraction of sp³-hybridized carbons (Fsp3) is 0.636. The van der Waals surface area contributed by atoms with Gasteiger partial charge in [0.15, 0.2) is 0 Å². The van der Waals surface area contributed by atoms with Crippen molar-refractivity contribution in [2.75, 3.05) is 13.6 Å². The first-order valence-electron chi connectivity index (χ1n) is 5.68. The van der Waals surface area contributed by atoms with Gasteiger partial charge in [0.25, 0.3) is 0 Å². The fourth-order valence-electron chi connectivity index (χ4n) is 1.48. The van der Waals surface area contributed by atoms with E-state index in [9.17, 15) is 4.79 Å². The van der Waals surface area contributed by atoms with Gasteiger partial charge >= 0.3 is 0 Å². The Balaban J connectivity index is 2.26. The number of rotatable bonds is 7. The van der Waals surface area contributed by atoms with E-state index in [0.717, 1.165) is 19.5 Å². The Morgan fingerprint density at radius 2 is 2.38 bits per heavy atom. The monoisotopic (exact) mass is 224 g/mol. The van der Waals surface area contributed by atoms with Crippen molar-refractivity contribution in [3.63, 3.8) is 0 Å². The molecule has 1 heterocycles. The Kier molecular flexibility index (Phi) is 5.56. The third-order valence-corrected chi connectivity index (χ3v) is 2.38. The van der Waals surface area contributed by atoms with Crippen molar-refractivity contribution in [3.05, 3.63) is 18.2 Å². The van der Waals surface area contributed by atoms with Gasteiger partial charge in [0.05, 0.1) is 12.0 Å². The summed E-state index contributed by atoms with van der Waals surface area (Å²) in [5.74, 6) is 0.0644. The molecular weight excluding hydrogens is 204 g/mol. The number of carbonyl (C=O) groups is 1. The second-order valence-electron chi connectivity index (χ2n) is 3.68. The van der Waals surface area contributed by atoms with Crippen molar-refractivity contribution in [2.45, 2.75) is 32.9 Å². The zero-order valence-electron chi connectivity index (χ0n) is 9.99. The number of nitrogens with one attached hydrogen (secondary N) is 2. The zero-order valence-corrected chi connectivity index (χ0v) is 9.99. The molecule has 90 valence electrons. The Morgan fingerprint density at radius 3 is 3.06 bits per heavy atom. The molecule has 0 aromatic carbocycles. The van der Waals surface area contributed by atoms with Crippen LogP contribution in [0.3, 0.4) is 0 Å². The highest BCUT2D eigenvalue weighted by molar-refractivity contribution is 5.75. The van der Waals surface area contributed by atoms with Gasteiger partial charge in [-0.1, -0.05) is 6.92 Å². The molecule has 0 bridgehead atoms. The van der Waals surface area contributed by atoms with Crippen LogP contribution in [-0.2, 0) is 17.9 Å². The molecule has 16 heavy (non-hydrogen) atoms. The first-order valence-corrected chi connectivity index (χ1v) is 5.68. The quantitative estimate of drug-likeness (QED) is 0.664. The number of imidazole rings is 1. The minimum Gasteiger partial charge on any atom is -0.359 e. The SMILES string of the molecule is CCCn1cncc1CNCCC(=O)NC. The van der Waals surface area contributed by atoms with E-state index in [1.165, 1.54) is 5.69 Å². The molecular formula is C11H20N4O. The molecule has 0 aliphatic heterocycles. The van der Waals surface area contributed by atoms with E-state index in [2.05, 4.69) is 27.1 Å². The summed E-state index contributed by atoms with van der Waals surface area (Å²) in [4.78, 5) is 15.1. The van der Waals surface area contributed by atoms with Crippen LogP contribution in [0.5, 0.6) is 0 Å². The van der Waals surface area contributed by atoms with Crippen molar-refractivity contribution in [3.8, 4) is 0 Å². The summed E-state index contributed by atoms with van der Waals surface area (Å²) in [6.45, 7) is 4.59. The highest BCUT2D eigenvalue weighted by Crippen LogP contribution is 2.00. The van der Waals surface area contributed by atoms with Crippen LogP contribution < -0.4 is 10.6 Å². The molecule has 0 spiro atoms. The third-order valence-electron chi connectivity index (χ3n) is 2.38. The molecule has 0 unspecified atom stereocenters. The molecule has 0 aliphatic rings. The van der Waals surface area contributed by atoms with Crippen LogP contribution in [0.25, 0.3) is 0 Å². The average molecular weight is 224 g/mol. The van der Waals surface area contributed by atoms with Crippen molar-refractivity contribution < 1.29 is 4.79 Å². The lowest BCUT2D eigenvalue weighted by atomic mass is 10.3. The summed E-state index contributed by atoms with van der Waals surface area (Å²) in [6, 6.07) is 0. The number of nitrogens with zero attached hydrogens (tertiary/aromatic N) is 2. The molecule has 2 N–H and O–H groups in total. The van der Waals surface area contributed by atoms with E-state index in [-0.39, 0.29) is 5.91 Å². The maximum Gasteiger partial charge on any atom is 0.221 e. The molecule has 5 nitrogen and oxygen atoms in total. The smallest absolute Gasteiger partial charge is 0.221 e. The first kappa shape index (κ1) is 12.7. The zero-order chi connectivity index (χ0) is 11.8. The second kappa shape index (κ2) is 7.00. The average Bonchev–Trinajstić information content (AvgIpc) is 2.72. The van der Waals surface area contributed by atoms with Gasteiger partial charge in [0.2, 0.25) is 5.91 Å². The van der Waals surface area contributed by atoms with Gasteiger partial charge in [-0.15, -0.1) is 0 Å². The number of amides is 1. The molecule has 1 rings (SSSR count). The predicted octanol–water partition coefficient (Wildman–Crippen LogP) is 0.519. The van der Waals surface area contributed by atoms with Crippen molar-refractivity contribution in [1.29, 1.82) is 0 Å². The van der Waals surface area contributed by atoms with Crippen LogP contribution >= 0.6 is 0 Å². The number of carbonyl (C=O) groups excluding carboxylic acids is 1. The minimum atomic E-state index is 0.0644. The molecule has 1 aromatic heterocycles. The summed E-state index contributed by atoms with van der Waals surface area (Å²) in [5.41, 5.74) is 1.17. The second-order valence-corrected chi connectivity index (χ2v) is 3.68. The number of hydrogen-bond donors (Lipinski definition) is 2. The first-order chi connectivity index (χ1) is 7.77. The Bertz CT molecular complexity index is 322. The van der Waals surface area contributed by atoms with Crippen LogP contribution in [0.4, 0.5) is 0 Å². The normalized spacial score (nSPS) is 10.4. The molecule has 1 aromatic rings. The van der Waals surface area contributed by atoms with E-state index < -0.39 is 0 Å². The van der Waals surface area contributed by atoms with Crippen molar-refractivity contribution in [2.24, 2.45) is 0 Å². The Morgan fingerprint density at radius 1 is 1.56 bits per heavy atom. The lowest BCUT2D eigenvalue weighted by Crippen LogP contribution is -2.25. The largest absolute Gasteiger partial charge is 0.359 e. The number of aromatic nitrogens is 2. The van der Waals surface area contributed by atoms with E-state index in [1.807, 2.05) is 12.5 Å². The highest BCUT2D eigenvalue weighted by atomic mass is 16.1. The van der Waals surface area contributed by atoms with Gasteiger partial charge in [-0.3, -0.25) is 4.79 Å². The summed E-state index contributed by atoms with van der Waals surface area (Å²) >= 11 is 0. The highest BCUT2D eigenvalue weighted by Gasteiger charge is 2.01. The van der Waals surface area contributed by atoms with Crippen molar-refractivity contribution >= 4 is 5.91 Å². The molecule has 5 heteroatoms. The van der Waals surface area contributed by atoms with Gasteiger partial charge in [-0.2, -0.15) is 0 Å². The minimum absolute atomic E-state index is 0.0644. The van der Waals surface area contributed by atoms with Crippen molar-refractivity contribution in [1.82, 2.24) is 20.2 Å². The van der Waals surface area contributed by atoms with Crippen LogP contribution in [0.2, 0.25) is 0 Å². The third kappa shape index (κ3) is 4.02. The number of hydrogen-bond acceptors (Lipinski definition) is 3. The van der Waals surface area contributed by atoms with Gasteiger partial charge in [0, 0.05) is 39.3 Å². The van der Waals surface area contributed by atoms with E-state index in [1.54, 1.807) is 7.05 Å². The number of aryl methyl sites for hydroxylation is 1. The molecule has 0 atom stereocenters. The van der Waals surface area contributed by atoms with E-state index in [0.29, 0.717) is 13.0 Å². The van der Waals surface area contributed by atoms with Gasteiger partial charge in [0.1, 0.15) is 0 Å². The van der Waals surface area contributed by atoms with Crippen LogP contribution in [-0.4, -0.2) is 29.1 Å². The van der Waals surface area contributed by atoms with Crippen LogP contribution in [0.15, 0.2) is 12.5 Å². The Hall–Kier alpha value is -1.36. The lowest BCUT2D eigenvalue weighted by Gasteiger charge is -2.07. The van der Waals surface area contributed by atoms with Crippen LogP contribution in [0, 0.1) is 0 Å². The fourth-order valence-corrected chi connectivity index (χ4v) is 1.48. The Labute approximate surface area is 96.3 Å². The van der Waals surface area contributed by atoms with Gasteiger partial charge < -0.3 is 15.2 Å². The summed E-state index contributed by atoms with van der Waals surface area (Å²) < 4.78 is 2.13. The molecule has 0 aliphatic carbocycles. The molecule has 1 amide bonds. The van der Waals surface area contributed by atoms with Gasteiger partial charge in [-0.25, -0.2) is 4.98 Å².